The summed E-state index contributed by atoms with van der Waals surface area (Å²) in [6.07, 6.45) is 1.46. The minimum absolute atomic E-state index is 0.0593. The monoisotopic (exact) mass is 429 g/mol. The Hall–Kier alpha value is -3.25. The van der Waals surface area contributed by atoms with Crippen molar-refractivity contribution in [3.05, 3.63) is 45.8 Å². The number of methoxy groups -OCH3 is 1. The maximum absolute atomic E-state index is 12.4. The number of hydrogen-bond acceptors (Lipinski definition) is 9. The van der Waals surface area contributed by atoms with Gasteiger partial charge in [-0.1, -0.05) is 23.1 Å². The summed E-state index contributed by atoms with van der Waals surface area (Å²) in [6.45, 7) is 1.80. The van der Waals surface area contributed by atoms with Crippen molar-refractivity contribution in [3.8, 4) is 11.4 Å². The van der Waals surface area contributed by atoms with Crippen LogP contribution in [0.15, 0.2) is 40.4 Å². The Kier molecular flexibility index (Phi) is 5.27. The Morgan fingerprint density at radius 1 is 1.31 bits per heavy atom. The summed E-state index contributed by atoms with van der Waals surface area (Å²) in [4.78, 5) is 31.6. The quantitative estimate of drug-likeness (QED) is 0.352. The highest BCUT2D eigenvalue weighted by atomic mass is 32.2. The van der Waals surface area contributed by atoms with Crippen LogP contribution in [0.5, 0.6) is 5.75 Å². The van der Waals surface area contributed by atoms with E-state index < -0.39 is 0 Å². The molecule has 0 saturated heterocycles. The molecule has 4 aromatic rings. The zero-order chi connectivity index (χ0) is 20.4. The predicted octanol–water partition coefficient (Wildman–Crippen LogP) is 2.01. The topological polar surface area (TPSA) is 128 Å². The lowest BCUT2D eigenvalue weighted by Crippen LogP contribution is -2.15. The molecule has 2 N–H and O–H groups in total. The molecule has 12 heteroatoms. The Labute approximate surface area is 172 Å². The molecule has 0 atom stereocenters. The van der Waals surface area contributed by atoms with Crippen LogP contribution in [0.3, 0.4) is 0 Å². The van der Waals surface area contributed by atoms with Gasteiger partial charge in [-0.25, -0.2) is 9.67 Å². The zero-order valence-electron chi connectivity index (χ0n) is 15.4. The highest BCUT2D eigenvalue weighted by molar-refractivity contribution is 7.99. The first-order valence-corrected chi connectivity index (χ1v) is 10.2. The predicted molar refractivity (Wildman–Crippen MR) is 110 cm³/mol. The molecule has 0 bridgehead atoms. The van der Waals surface area contributed by atoms with Crippen molar-refractivity contribution in [2.24, 2.45) is 0 Å². The Bertz CT molecular complexity index is 1230. The average molecular weight is 429 g/mol. The number of rotatable bonds is 6. The Balaban J connectivity index is 1.55. The first kappa shape index (κ1) is 19.1. The number of benzene rings is 1. The number of carbonyl (C=O) groups is 1. The number of amides is 1. The van der Waals surface area contributed by atoms with Crippen LogP contribution in [-0.2, 0) is 4.79 Å². The molecule has 0 aliphatic heterocycles. The Morgan fingerprint density at radius 2 is 2.10 bits per heavy atom. The molecule has 1 aromatic carbocycles. The van der Waals surface area contributed by atoms with Gasteiger partial charge in [0.1, 0.15) is 16.1 Å². The number of nitrogens with zero attached hydrogens (tertiary/aromatic N) is 5. The van der Waals surface area contributed by atoms with Crippen molar-refractivity contribution in [2.45, 2.75) is 12.1 Å². The van der Waals surface area contributed by atoms with Crippen LogP contribution in [0.25, 0.3) is 16.7 Å². The van der Waals surface area contributed by atoms with Crippen LogP contribution in [-0.4, -0.2) is 48.7 Å². The van der Waals surface area contributed by atoms with E-state index in [0.717, 1.165) is 22.5 Å². The van der Waals surface area contributed by atoms with E-state index in [2.05, 4.69) is 30.6 Å². The van der Waals surface area contributed by atoms with E-state index in [0.29, 0.717) is 27.1 Å². The van der Waals surface area contributed by atoms with Gasteiger partial charge in [0.25, 0.3) is 5.56 Å². The summed E-state index contributed by atoms with van der Waals surface area (Å²) in [7, 11) is 1.59. The number of fused-ring (bicyclic) bond motifs is 1. The number of carbonyl (C=O) groups excluding carboxylic acids is 1. The summed E-state index contributed by atoms with van der Waals surface area (Å²) in [5.74, 6) is 0.505. The molecule has 29 heavy (non-hydrogen) atoms. The Morgan fingerprint density at radius 3 is 2.79 bits per heavy atom. The molecular weight excluding hydrogens is 414 g/mol. The van der Waals surface area contributed by atoms with Crippen molar-refractivity contribution in [3.63, 3.8) is 0 Å². The summed E-state index contributed by atoms with van der Waals surface area (Å²) < 4.78 is 6.73. The molecule has 3 heterocycles. The van der Waals surface area contributed by atoms with Crippen molar-refractivity contribution >= 4 is 45.2 Å². The zero-order valence-corrected chi connectivity index (χ0v) is 17.0. The van der Waals surface area contributed by atoms with Crippen LogP contribution in [0.2, 0.25) is 0 Å². The lowest BCUT2D eigenvalue weighted by atomic mass is 10.3. The lowest BCUT2D eigenvalue weighted by Gasteiger charge is -2.06. The third kappa shape index (κ3) is 4.12. The molecule has 0 saturated carbocycles. The van der Waals surface area contributed by atoms with Crippen LogP contribution < -0.4 is 15.6 Å². The van der Waals surface area contributed by atoms with Crippen LogP contribution in [0.4, 0.5) is 5.13 Å². The van der Waals surface area contributed by atoms with E-state index >= 15 is 0 Å². The number of H-pyrrole nitrogens is 1. The molecule has 0 aliphatic carbocycles. The average Bonchev–Trinajstić information content (AvgIpc) is 3.33. The van der Waals surface area contributed by atoms with Gasteiger partial charge in [0.2, 0.25) is 11.0 Å². The third-order valence-corrected chi connectivity index (χ3v) is 5.47. The van der Waals surface area contributed by atoms with Gasteiger partial charge in [0, 0.05) is 0 Å². The highest BCUT2D eigenvalue weighted by Gasteiger charge is 2.14. The second kappa shape index (κ2) is 8.01. The molecule has 4 rings (SSSR count). The number of hydrogen-bond donors (Lipinski definition) is 2. The number of ether oxygens (including phenoxy) is 1. The van der Waals surface area contributed by atoms with Gasteiger partial charge in [0.15, 0.2) is 10.8 Å². The fourth-order valence-corrected chi connectivity index (χ4v) is 3.78. The van der Waals surface area contributed by atoms with Gasteiger partial charge in [0.05, 0.1) is 24.7 Å². The molecule has 148 valence electrons. The largest absolute Gasteiger partial charge is 0.497 e. The van der Waals surface area contributed by atoms with Gasteiger partial charge >= 0.3 is 0 Å². The number of thioether (sulfide) groups is 1. The van der Waals surface area contributed by atoms with Gasteiger partial charge in [-0.05, 0) is 31.2 Å². The van der Waals surface area contributed by atoms with Crippen molar-refractivity contribution < 1.29 is 9.53 Å². The van der Waals surface area contributed by atoms with E-state index in [1.807, 2.05) is 12.1 Å². The summed E-state index contributed by atoms with van der Waals surface area (Å²) >= 11 is 2.40. The van der Waals surface area contributed by atoms with E-state index in [-0.39, 0.29) is 17.2 Å². The molecule has 0 unspecified atom stereocenters. The minimum atomic E-state index is -0.322. The van der Waals surface area contributed by atoms with E-state index in [4.69, 9.17) is 4.74 Å². The van der Waals surface area contributed by atoms with Crippen LogP contribution in [0, 0.1) is 6.92 Å². The van der Waals surface area contributed by atoms with Gasteiger partial charge < -0.3 is 9.72 Å². The number of aryl methyl sites for hydroxylation is 1. The van der Waals surface area contributed by atoms with Crippen molar-refractivity contribution in [1.82, 2.24) is 29.9 Å². The number of aromatic nitrogens is 6. The molecular formula is C17H15N7O3S2. The van der Waals surface area contributed by atoms with Gasteiger partial charge in [-0.2, -0.15) is 5.10 Å². The maximum atomic E-state index is 12.4. The maximum Gasteiger partial charge on any atom is 0.262 e. The van der Waals surface area contributed by atoms with Crippen molar-refractivity contribution in [1.29, 1.82) is 0 Å². The van der Waals surface area contributed by atoms with E-state index in [9.17, 15) is 9.59 Å². The summed E-state index contributed by atoms with van der Waals surface area (Å²) in [5, 5.41) is 16.5. The SMILES string of the molecule is COc1ccc(-n2ncc3c(=O)[nH]c(SCC(=O)Nc4nnc(C)s4)nc32)cc1. The lowest BCUT2D eigenvalue weighted by molar-refractivity contribution is -0.113. The standard InChI is InChI=1S/C17H15N7O3S2/c1-9-22-23-17(29-9)19-13(25)8-28-16-20-14-12(15(26)21-16)7-18-24(14)10-3-5-11(27-2)6-4-10/h3-7H,8H2,1-2H3,(H,19,23,25)(H,20,21,26). The molecule has 0 aliphatic rings. The second-order valence-electron chi connectivity index (χ2n) is 5.83. The smallest absolute Gasteiger partial charge is 0.262 e. The minimum Gasteiger partial charge on any atom is -0.497 e. The summed E-state index contributed by atoms with van der Waals surface area (Å²) in [5.41, 5.74) is 0.818. The van der Waals surface area contributed by atoms with Crippen LogP contribution in [0.1, 0.15) is 5.01 Å². The molecule has 10 nitrogen and oxygen atoms in total. The van der Waals surface area contributed by atoms with Gasteiger partial charge in [-0.3, -0.25) is 14.9 Å². The molecule has 0 spiro atoms. The highest BCUT2D eigenvalue weighted by Crippen LogP contribution is 2.20. The first-order valence-electron chi connectivity index (χ1n) is 8.39. The number of anilines is 1. The fraction of sp³-hybridized carbons (Fsp3) is 0.176. The van der Waals surface area contributed by atoms with E-state index in [1.165, 1.54) is 17.5 Å². The summed E-state index contributed by atoms with van der Waals surface area (Å²) in [6, 6.07) is 7.23. The number of aromatic amines is 1. The normalized spacial score (nSPS) is 11.0. The number of nitrogens with one attached hydrogen (secondary N) is 2. The molecule has 1 amide bonds. The van der Waals surface area contributed by atoms with E-state index in [1.54, 1.807) is 30.8 Å². The van der Waals surface area contributed by atoms with Gasteiger partial charge in [-0.15, -0.1) is 10.2 Å². The van der Waals surface area contributed by atoms with Crippen LogP contribution >= 0.6 is 23.1 Å². The molecule has 3 aromatic heterocycles. The molecule has 0 radical (unpaired) electrons. The molecule has 0 fully saturated rings. The van der Waals surface area contributed by atoms with Crippen molar-refractivity contribution in [2.75, 3.05) is 18.2 Å². The first-order chi connectivity index (χ1) is 14.0. The third-order valence-electron chi connectivity index (χ3n) is 3.85. The second-order valence-corrected chi connectivity index (χ2v) is 7.97. The fourth-order valence-electron chi connectivity index (χ4n) is 2.52.